The minimum atomic E-state index is -4.54. The number of anilines is 3. The molecular formula is C24H28F3N6O5+. The first kappa shape index (κ1) is 26.0. The average Bonchev–Trinajstić information content (AvgIpc) is 3.35. The Balaban J connectivity index is 1.56. The standard InChI is InChI=1S/C24H27F3N6O5/c1-23(2)37-11-14(38-23)10-36-13-5-6-30-17(8-13)33-16-9-32(19(21(29)35)18(16)20(28)34)15-4-3-7-31(22(15)33)12-24(25,26)27/h3-8,14,16,18-19H,9-12H2,1-2H3,(H3-,28,29,34,35)/p+1/t14-,16+,18?,19?/m0/s1. The Kier molecular flexibility index (Phi) is 6.34. The molecule has 5 rings (SSSR count). The molecule has 2 saturated heterocycles. The van der Waals surface area contributed by atoms with Gasteiger partial charge in [0.05, 0.1) is 19.3 Å². The van der Waals surface area contributed by atoms with Crippen LogP contribution in [0.15, 0.2) is 36.7 Å². The number of alkyl halides is 3. The summed E-state index contributed by atoms with van der Waals surface area (Å²) in [6.07, 6.45) is -2.13. The number of hydrogen-bond acceptors (Lipinski definition) is 8. The number of amides is 2. The van der Waals surface area contributed by atoms with E-state index in [1.807, 2.05) is 0 Å². The number of carbonyl (C=O) groups excluding carboxylic acids is 2. The van der Waals surface area contributed by atoms with Gasteiger partial charge in [-0.25, -0.2) is 14.5 Å². The summed E-state index contributed by atoms with van der Waals surface area (Å²) in [7, 11) is 0. The topological polar surface area (TPSA) is 137 Å². The second-order valence-corrected chi connectivity index (χ2v) is 9.94. The molecule has 0 saturated carbocycles. The molecule has 11 nitrogen and oxygen atoms in total. The van der Waals surface area contributed by atoms with Crippen molar-refractivity contribution in [2.45, 2.75) is 50.5 Å². The Morgan fingerprint density at radius 1 is 1.26 bits per heavy atom. The number of nitrogens with zero attached hydrogens (tertiary/aromatic N) is 4. The molecule has 4 atom stereocenters. The lowest BCUT2D eigenvalue weighted by Gasteiger charge is -2.33. The van der Waals surface area contributed by atoms with Crippen LogP contribution in [0.3, 0.4) is 0 Å². The number of nitrogens with two attached hydrogens (primary N) is 2. The molecule has 4 N–H and O–H groups in total. The molecule has 3 aliphatic heterocycles. The van der Waals surface area contributed by atoms with E-state index in [-0.39, 0.29) is 30.9 Å². The Labute approximate surface area is 216 Å². The van der Waals surface area contributed by atoms with E-state index in [1.165, 1.54) is 23.4 Å². The molecule has 2 bridgehead atoms. The van der Waals surface area contributed by atoms with Gasteiger partial charge in [-0.05, 0) is 32.0 Å². The molecular weight excluding hydrogens is 509 g/mol. The number of fused-ring (bicyclic) bond motifs is 4. The zero-order valence-electron chi connectivity index (χ0n) is 20.7. The van der Waals surface area contributed by atoms with Crippen molar-refractivity contribution in [1.82, 2.24) is 4.98 Å². The largest absolute Gasteiger partial charge is 0.491 e. The highest BCUT2D eigenvalue weighted by atomic mass is 19.4. The first-order valence-electron chi connectivity index (χ1n) is 12.0. The lowest BCUT2D eigenvalue weighted by Crippen LogP contribution is -2.53. The van der Waals surface area contributed by atoms with E-state index in [1.54, 1.807) is 36.9 Å². The molecule has 2 amide bonds. The highest BCUT2D eigenvalue weighted by Crippen LogP contribution is 2.46. The summed E-state index contributed by atoms with van der Waals surface area (Å²) in [5.74, 6) is -2.72. The third kappa shape index (κ3) is 4.80. The quantitative estimate of drug-likeness (QED) is 0.494. The monoisotopic (exact) mass is 537 g/mol. The number of pyridine rings is 2. The van der Waals surface area contributed by atoms with Crippen molar-refractivity contribution >= 4 is 29.1 Å². The molecule has 2 unspecified atom stereocenters. The summed E-state index contributed by atoms with van der Waals surface area (Å²) in [6.45, 7) is 2.92. The lowest BCUT2D eigenvalue weighted by atomic mass is 9.94. The van der Waals surface area contributed by atoms with Crippen molar-refractivity contribution in [2.24, 2.45) is 17.4 Å². The van der Waals surface area contributed by atoms with Crippen LogP contribution in [0.4, 0.5) is 30.5 Å². The highest BCUT2D eigenvalue weighted by molar-refractivity contribution is 5.96. The van der Waals surface area contributed by atoms with Gasteiger partial charge in [-0.15, -0.1) is 0 Å². The van der Waals surface area contributed by atoms with Gasteiger partial charge >= 0.3 is 12.0 Å². The molecule has 0 aliphatic carbocycles. The Morgan fingerprint density at radius 2 is 2.03 bits per heavy atom. The molecule has 204 valence electrons. The van der Waals surface area contributed by atoms with Crippen molar-refractivity contribution < 1.29 is 41.5 Å². The zero-order valence-corrected chi connectivity index (χ0v) is 20.7. The number of ether oxygens (including phenoxy) is 3. The molecule has 2 fully saturated rings. The average molecular weight is 538 g/mol. The summed E-state index contributed by atoms with van der Waals surface area (Å²) in [5.41, 5.74) is 11.7. The lowest BCUT2D eigenvalue weighted by molar-refractivity contribution is -0.707. The van der Waals surface area contributed by atoms with Crippen LogP contribution in [0.5, 0.6) is 5.75 Å². The predicted molar refractivity (Wildman–Crippen MR) is 126 cm³/mol. The molecule has 0 aromatic carbocycles. The van der Waals surface area contributed by atoms with Crippen molar-refractivity contribution in [3.05, 3.63) is 36.7 Å². The summed E-state index contributed by atoms with van der Waals surface area (Å²) in [4.78, 5) is 32.5. The van der Waals surface area contributed by atoms with E-state index in [2.05, 4.69) is 4.98 Å². The maximum absolute atomic E-state index is 13.6. The Hall–Kier alpha value is -3.65. The molecule has 0 radical (unpaired) electrons. The fraction of sp³-hybridized carbons (Fsp3) is 0.500. The van der Waals surface area contributed by atoms with Crippen molar-refractivity contribution in [3.63, 3.8) is 0 Å². The summed E-state index contributed by atoms with van der Waals surface area (Å²) in [6, 6.07) is 4.23. The van der Waals surface area contributed by atoms with Crippen LogP contribution in [-0.4, -0.2) is 66.7 Å². The first-order chi connectivity index (χ1) is 17.8. The second kappa shape index (κ2) is 9.27. The van der Waals surface area contributed by atoms with Crippen molar-refractivity contribution in [1.29, 1.82) is 0 Å². The van der Waals surface area contributed by atoms with Gasteiger partial charge in [0.25, 0.3) is 0 Å². The van der Waals surface area contributed by atoms with E-state index < -0.39 is 48.3 Å². The number of primary amides is 2. The molecule has 2 aromatic heterocycles. The van der Waals surface area contributed by atoms with Crippen LogP contribution in [0.2, 0.25) is 0 Å². The second-order valence-electron chi connectivity index (χ2n) is 9.94. The van der Waals surface area contributed by atoms with E-state index in [4.69, 9.17) is 25.7 Å². The third-order valence-electron chi connectivity index (χ3n) is 6.80. The minimum absolute atomic E-state index is 0.106. The van der Waals surface area contributed by atoms with Gasteiger partial charge in [-0.2, -0.15) is 13.2 Å². The van der Waals surface area contributed by atoms with Gasteiger partial charge in [0.2, 0.25) is 17.6 Å². The van der Waals surface area contributed by atoms with Gasteiger partial charge in [0.1, 0.15) is 42.1 Å². The minimum Gasteiger partial charge on any atom is -0.491 e. The van der Waals surface area contributed by atoms with Crippen LogP contribution in [-0.2, 0) is 25.6 Å². The van der Waals surface area contributed by atoms with Crippen LogP contribution in [0.25, 0.3) is 0 Å². The third-order valence-corrected chi connectivity index (χ3v) is 6.80. The number of aromatic nitrogens is 2. The zero-order chi connectivity index (χ0) is 27.4. The molecule has 2 aromatic rings. The molecule has 5 heterocycles. The van der Waals surface area contributed by atoms with E-state index >= 15 is 0 Å². The fourth-order valence-corrected chi connectivity index (χ4v) is 5.43. The van der Waals surface area contributed by atoms with Gasteiger partial charge in [-0.1, -0.05) is 0 Å². The Morgan fingerprint density at radius 3 is 2.66 bits per heavy atom. The summed E-state index contributed by atoms with van der Waals surface area (Å²) >= 11 is 0. The predicted octanol–water partition coefficient (Wildman–Crippen LogP) is 0.757. The number of carbonyl (C=O) groups is 2. The maximum Gasteiger partial charge on any atom is 0.426 e. The van der Waals surface area contributed by atoms with Crippen LogP contribution >= 0.6 is 0 Å². The van der Waals surface area contributed by atoms with Gasteiger partial charge in [-0.3, -0.25) is 9.59 Å². The molecule has 3 aliphatic rings. The van der Waals surface area contributed by atoms with Crippen LogP contribution in [0, 0.1) is 5.92 Å². The van der Waals surface area contributed by atoms with Crippen molar-refractivity contribution in [3.8, 4) is 5.75 Å². The van der Waals surface area contributed by atoms with Crippen molar-refractivity contribution in [2.75, 3.05) is 29.6 Å². The number of halogens is 3. The van der Waals surface area contributed by atoms with Crippen LogP contribution < -0.4 is 30.6 Å². The summed E-state index contributed by atoms with van der Waals surface area (Å²) < 4.78 is 58.9. The van der Waals surface area contributed by atoms with Gasteiger partial charge < -0.3 is 30.6 Å². The summed E-state index contributed by atoms with van der Waals surface area (Å²) in [5, 5.41) is 0. The van der Waals surface area contributed by atoms with Crippen LogP contribution in [0.1, 0.15) is 13.8 Å². The normalized spacial score (nSPS) is 25.8. The Bertz CT molecular complexity index is 1260. The van der Waals surface area contributed by atoms with Gasteiger partial charge in [0.15, 0.2) is 12.3 Å². The van der Waals surface area contributed by atoms with Gasteiger partial charge in [0, 0.05) is 12.3 Å². The number of hydrogen-bond donors (Lipinski definition) is 2. The van der Waals surface area contributed by atoms with E-state index in [0.717, 1.165) is 4.57 Å². The highest BCUT2D eigenvalue weighted by Gasteiger charge is 2.59. The molecule has 0 spiro atoms. The first-order valence-corrected chi connectivity index (χ1v) is 12.0. The molecule has 38 heavy (non-hydrogen) atoms. The molecule has 14 heteroatoms. The van der Waals surface area contributed by atoms with E-state index in [0.29, 0.717) is 18.0 Å². The van der Waals surface area contributed by atoms with E-state index in [9.17, 15) is 22.8 Å². The maximum atomic E-state index is 13.6. The fourth-order valence-electron chi connectivity index (χ4n) is 5.43. The smallest absolute Gasteiger partial charge is 0.426 e. The SMILES string of the molecule is CC1(C)OC[C@H](COc2ccnc(N3c4c(ccc[n+]4CC(F)(F)F)N4C[C@@H]3C(C(N)=O)C4C(N)=O)c2)O1. The number of rotatable bonds is 7.